The lowest BCUT2D eigenvalue weighted by molar-refractivity contribution is 0.887. The maximum atomic E-state index is 5.59. The molecule has 0 atom stereocenters. The van der Waals surface area contributed by atoms with Crippen LogP contribution in [0.2, 0.25) is 0 Å². The summed E-state index contributed by atoms with van der Waals surface area (Å²) in [6, 6.07) is 9.83. The number of benzene rings is 1. The third-order valence-electron chi connectivity index (χ3n) is 2.50. The van der Waals surface area contributed by atoms with E-state index in [-0.39, 0.29) is 0 Å². The van der Waals surface area contributed by atoms with Gasteiger partial charge in [0, 0.05) is 30.0 Å². The van der Waals surface area contributed by atoms with Crippen molar-refractivity contribution in [1.82, 2.24) is 14.8 Å². The summed E-state index contributed by atoms with van der Waals surface area (Å²) in [4.78, 5) is 4.08. The molecule has 1 aromatic carbocycles. The minimum Gasteiger partial charge on any atom is -0.382 e. The Morgan fingerprint density at radius 1 is 1.06 bits per heavy atom. The Labute approximate surface area is 92.3 Å². The summed E-state index contributed by atoms with van der Waals surface area (Å²) in [5, 5.41) is 6.42. The highest BCUT2D eigenvalue weighted by Gasteiger charge is 2.00. The molecule has 2 N–H and O–H groups in total. The van der Waals surface area contributed by atoms with Crippen LogP contribution in [0.1, 0.15) is 0 Å². The molecule has 2 aromatic heterocycles. The topological polar surface area (TPSA) is 56.7 Å². The monoisotopic (exact) mass is 210 g/mol. The summed E-state index contributed by atoms with van der Waals surface area (Å²) < 4.78 is 1.76. The molecule has 0 saturated carbocycles. The Morgan fingerprint density at radius 3 is 2.81 bits per heavy atom. The molecule has 0 amide bonds. The van der Waals surface area contributed by atoms with E-state index in [9.17, 15) is 0 Å². The Hall–Kier alpha value is -2.36. The number of rotatable bonds is 1. The zero-order chi connectivity index (χ0) is 11.0. The van der Waals surface area contributed by atoms with Crippen molar-refractivity contribution in [3.63, 3.8) is 0 Å². The fraction of sp³-hybridized carbons (Fsp3) is 0. The lowest BCUT2D eigenvalue weighted by Gasteiger charge is -2.02. The number of nitrogens with zero attached hydrogens (tertiary/aromatic N) is 3. The summed E-state index contributed by atoms with van der Waals surface area (Å²) >= 11 is 0. The Kier molecular flexibility index (Phi) is 1.86. The second-order valence-corrected chi connectivity index (χ2v) is 3.59. The molecule has 0 aliphatic rings. The number of hydrogen-bond donors (Lipinski definition) is 1. The summed E-state index contributed by atoms with van der Waals surface area (Å²) in [5.41, 5.74) is 6.58. The molecule has 3 aromatic rings. The third kappa shape index (κ3) is 1.40. The fourth-order valence-electron chi connectivity index (χ4n) is 1.70. The van der Waals surface area contributed by atoms with Gasteiger partial charge >= 0.3 is 0 Å². The first kappa shape index (κ1) is 8.91. The number of fused-ring (bicyclic) bond motifs is 1. The van der Waals surface area contributed by atoms with E-state index in [1.807, 2.05) is 30.6 Å². The number of pyridine rings is 1. The smallest absolute Gasteiger partial charge is 0.145 e. The molecule has 0 unspecified atom stereocenters. The predicted octanol–water partition coefficient (Wildman–Crippen LogP) is 2.00. The first-order chi connectivity index (χ1) is 7.83. The maximum Gasteiger partial charge on any atom is 0.145 e. The molecule has 16 heavy (non-hydrogen) atoms. The molecule has 0 aliphatic carbocycles. The number of nitrogens with two attached hydrogens (primary N) is 1. The van der Waals surface area contributed by atoms with Crippen molar-refractivity contribution < 1.29 is 0 Å². The van der Waals surface area contributed by atoms with Gasteiger partial charge in [-0.05, 0) is 23.6 Å². The van der Waals surface area contributed by atoms with Gasteiger partial charge < -0.3 is 5.73 Å². The fourth-order valence-corrected chi connectivity index (χ4v) is 1.70. The van der Waals surface area contributed by atoms with Gasteiger partial charge in [-0.3, -0.25) is 4.98 Å². The van der Waals surface area contributed by atoms with Crippen LogP contribution in [0.3, 0.4) is 0 Å². The van der Waals surface area contributed by atoms with Crippen molar-refractivity contribution in [3.8, 4) is 5.69 Å². The third-order valence-corrected chi connectivity index (χ3v) is 2.50. The molecule has 0 fully saturated rings. The lowest BCUT2D eigenvalue weighted by Crippen LogP contribution is -1.96. The molecule has 3 rings (SSSR count). The van der Waals surface area contributed by atoms with Gasteiger partial charge in [0.05, 0.1) is 5.69 Å². The average Bonchev–Trinajstić information content (AvgIpc) is 2.75. The van der Waals surface area contributed by atoms with Crippen molar-refractivity contribution in [3.05, 3.63) is 48.9 Å². The molecule has 78 valence electrons. The standard InChI is InChI=1S/C12H10N4/c13-12-4-6-16(15-12)11-2-1-10-8-14-5-3-9(10)7-11/h1-8H,(H2,13,15). The zero-order valence-corrected chi connectivity index (χ0v) is 8.54. The molecule has 0 spiro atoms. The molecule has 4 nitrogen and oxygen atoms in total. The Balaban J connectivity index is 2.18. The van der Waals surface area contributed by atoms with Gasteiger partial charge in [-0.2, -0.15) is 5.10 Å². The minimum atomic E-state index is 0.523. The van der Waals surface area contributed by atoms with Gasteiger partial charge in [0.25, 0.3) is 0 Å². The highest BCUT2D eigenvalue weighted by Crippen LogP contribution is 2.17. The molecule has 2 heterocycles. The first-order valence-corrected chi connectivity index (χ1v) is 4.98. The average molecular weight is 210 g/mol. The zero-order valence-electron chi connectivity index (χ0n) is 8.54. The number of aromatic nitrogens is 3. The number of hydrogen-bond acceptors (Lipinski definition) is 3. The van der Waals surface area contributed by atoms with Crippen LogP contribution in [-0.2, 0) is 0 Å². The van der Waals surface area contributed by atoms with Gasteiger partial charge in [0.2, 0.25) is 0 Å². The normalized spacial score (nSPS) is 10.8. The SMILES string of the molecule is Nc1ccn(-c2ccc3cnccc3c2)n1. The summed E-state index contributed by atoms with van der Waals surface area (Å²) in [6.07, 6.45) is 5.47. The van der Waals surface area contributed by atoms with E-state index >= 15 is 0 Å². The Bertz CT molecular complexity index is 642. The predicted molar refractivity (Wildman–Crippen MR) is 63.3 cm³/mol. The van der Waals surface area contributed by atoms with E-state index in [1.54, 1.807) is 16.9 Å². The number of nitrogen functional groups attached to an aromatic ring is 1. The Morgan fingerprint density at radius 2 is 2.00 bits per heavy atom. The second-order valence-electron chi connectivity index (χ2n) is 3.59. The van der Waals surface area contributed by atoms with Crippen LogP contribution in [-0.4, -0.2) is 14.8 Å². The lowest BCUT2D eigenvalue weighted by atomic mass is 10.1. The van der Waals surface area contributed by atoms with Crippen molar-refractivity contribution in [2.75, 3.05) is 5.73 Å². The van der Waals surface area contributed by atoms with E-state index in [0.29, 0.717) is 5.82 Å². The molecule has 0 radical (unpaired) electrons. The van der Waals surface area contributed by atoms with Crippen LogP contribution >= 0.6 is 0 Å². The highest BCUT2D eigenvalue weighted by atomic mass is 15.3. The van der Waals surface area contributed by atoms with E-state index in [4.69, 9.17) is 5.73 Å². The summed E-state index contributed by atoms with van der Waals surface area (Å²) in [6.45, 7) is 0. The summed E-state index contributed by atoms with van der Waals surface area (Å²) in [5.74, 6) is 0.523. The van der Waals surface area contributed by atoms with Gasteiger partial charge in [-0.25, -0.2) is 4.68 Å². The van der Waals surface area contributed by atoms with E-state index in [2.05, 4.69) is 16.1 Å². The number of anilines is 1. The van der Waals surface area contributed by atoms with Crippen molar-refractivity contribution in [2.45, 2.75) is 0 Å². The largest absolute Gasteiger partial charge is 0.382 e. The molecule has 0 aliphatic heterocycles. The van der Waals surface area contributed by atoms with E-state index < -0.39 is 0 Å². The quantitative estimate of drug-likeness (QED) is 0.668. The van der Waals surface area contributed by atoms with Gasteiger partial charge in [-0.1, -0.05) is 6.07 Å². The maximum absolute atomic E-state index is 5.59. The van der Waals surface area contributed by atoms with E-state index in [1.165, 1.54) is 0 Å². The van der Waals surface area contributed by atoms with Crippen molar-refractivity contribution in [2.24, 2.45) is 0 Å². The van der Waals surface area contributed by atoms with Gasteiger partial charge in [-0.15, -0.1) is 0 Å². The molecule has 0 bridgehead atoms. The van der Waals surface area contributed by atoms with Crippen LogP contribution in [0, 0.1) is 0 Å². The van der Waals surface area contributed by atoms with E-state index in [0.717, 1.165) is 16.5 Å². The van der Waals surface area contributed by atoms with Crippen LogP contribution in [0.5, 0.6) is 0 Å². The highest BCUT2D eigenvalue weighted by molar-refractivity contribution is 5.83. The summed E-state index contributed by atoms with van der Waals surface area (Å²) in [7, 11) is 0. The van der Waals surface area contributed by atoms with Crippen LogP contribution < -0.4 is 5.73 Å². The molecular weight excluding hydrogens is 200 g/mol. The molecule has 0 saturated heterocycles. The van der Waals surface area contributed by atoms with Crippen molar-refractivity contribution >= 4 is 16.6 Å². The van der Waals surface area contributed by atoms with Gasteiger partial charge in [0.1, 0.15) is 5.82 Å². The van der Waals surface area contributed by atoms with Gasteiger partial charge in [0.15, 0.2) is 0 Å². The molecular formula is C12H10N4. The second kappa shape index (κ2) is 3.34. The van der Waals surface area contributed by atoms with Crippen LogP contribution in [0.25, 0.3) is 16.5 Å². The molecule has 4 heteroatoms. The minimum absolute atomic E-state index is 0.523. The first-order valence-electron chi connectivity index (χ1n) is 4.98. The van der Waals surface area contributed by atoms with Crippen LogP contribution in [0.4, 0.5) is 5.82 Å². The van der Waals surface area contributed by atoms with Crippen LogP contribution in [0.15, 0.2) is 48.9 Å². The van der Waals surface area contributed by atoms with Crippen molar-refractivity contribution in [1.29, 1.82) is 0 Å².